The number of aromatic hydroxyl groups is 1. The van der Waals surface area contributed by atoms with Gasteiger partial charge in [-0.05, 0) is 48.9 Å². The molecule has 0 aromatic heterocycles. The van der Waals surface area contributed by atoms with Gasteiger partial charge < -0.3 is 5.11 Å². The summed E-state index contributed by atoms with van der Waals surface area (Å²) < 4.78 is 0. The van der Waals surface area contributed by atoms with E-state index in [1.165, 1.54) is 0 Å². The smallest absolute Gasteiger partial charge is 0.272 e. The summed E-state index contributed by atoms with van der Waals surface area (Å²) in [5, 5.41) is 13.6. The maximum absolute atomic E-state index is 11.9. The van der Waals surface area contributed by atoms with Crippen LogP contribution >= 0.6 is 11.6 Å². The average Bonchev–Trinajstić information content (AvgIpc) is 2.45. The Kier molecular flexibility index (Phi) is 4.38. The Bertz CT molecular complexity index is 651. The van der Waals surface area contributed by atoms with Crippen molar-refractivity contribution >= 4 is 23.2 Å². The first-order valence-electron chi connectivity index (χ1n) is 5.96. The van der Waals surface area contributed by atoms with Crippen molar-refractivity contribution in [3.8, 4) is 5.75 Å². The summed E-state index contributed by atoms with van der Waals surface area (Å²) in [4.78, 5) is 11.9. The molecule has 0 aliphatic rings. The van der Waals surface area contributed by atoms with Crippen LogP contribution in [0.2, 0.25) is 5.02 Å². The maximum atomic E-state index is 11.9. The van der Waals surface area contributed by atoms with Crippen molar-refractivity contribution in [3.05, 3.63) is 64.7 Å². The molecule has 0 fully saturated rings. The van der Waals surface area contributed by atoms with E-state index < -0.39 is 0 Å². The molecule has 0 radical (unpaired) electrons. The monoisotopic (exact) mass is 288 g/mol. The number of nitrogens with one attached hydrogen (secondary N) is 1. The molecule has 0 saturated heterocycles. The molecule has 0 heterocycles. The molecule has 5 heteroatoms. The van der Waals surface area contributed by atoms with Crippen molar-refractivity contribution in [1.29, 1.82) is 0 Å². The molecule has 0 spiro atoms. The summed E-state index contributed by atoms with van der Waals surface area (Å²) in [5.41, 5.74) is 4.26. The second-order valence-electron chi connectivity index (χ2n) is 4.16. The molecule has 2 rings (SSSR count). The molecule has 2 aromatic rings. The van der Waals surface area contributed by atoms with E-state index >= 15 is 0 Å². The van der Waals surface area contributed by atoms with Crippen molar-refractivity contribution in [2.45, 2.75) is 6.92 Å². The normalized spacial score (nSPS) is 11.2. The SMILES string of the molecule is C/C(=N\NC(=O)c1ccccc1Cl)c1ccc(O)cc1. The van der Waals surface area contributed by atoms with Crippen LogP contribution in [-0.4, -0.2) is 16.7 Å². The lowest BCUT2D eigenvalue weighted by Gasteiger charge is -2.04. The summed E-state index contributed by atoms with van der Waals surface area (Å²) in [6, 6.07) is 13.3. The number of phenols is 1. The van der Waals surface area contributed by atoms with Gasteiger partial charge in [0.1, 0.15) is 5.75 Å². The zero-order valence-corrected chi connectivity index (χ0v) is 11.6. The molecule has 0 unspecified atom stereocenters. The van der Waals surface area contributed by atoms with Gasteiger partial charge >= 0.3 is 0 Å². The van der Waals surface area contributed by atoms with Crippen LogP contribution in [0.1, 0.15) is 22.8 Å². The Balaban J connectivity index is 2.11. The van der Waals surface area contributed by atoms with E-state index in [1.54, 1.807) is 55.5 Å². The largest absolute Gasteiger partial charge is 0.508 e. The number of benzene rings is 2. The summed E-state index contributed by atoms with van der Waals surface area (Å²) >= 11 is 5.93. The predicted octanol–water partition coefficient (Wildman–Crippen LogP) is 3.20. The fourth-order valence-electron chi connectivity index (χ4n) is 1.61. The van der Waals surface area contributed by atoms with Gasteiger partial charge in [0.2, 0.25) is 0 Å². The van der Waals surface area contributed by atoms with E-state index in [2.05, 4.69) is 10.5 Å². The first-order chi connectivity index (χ1) is 9.58. The molecule has 0 saturated carbocycles. The zero-order valence-electron chi connectivity index (χ0n) is 10.8. The Morgan fingerprint density at radius 2 is 1.80 bits per heavy atom. The summed E-state index contributed by atoms with van der Waals surface area (Å²) in [6.45, 7) is 1.76. The summed E-state index contributed by atoms with van der Waals surface area (Å²) in [6.07, 6.45) is 0. The van der Waals surface area contributed by atoms with Crippen LogP contribution < -0.4 is 5.43 Å². The van der Waals surface area contributed by atoms with Crippen molar-refractivity contribution in [3.63, 3.8) is 0 Å². The number of hydrogen-bond donors (Lipinski definition) is 2. The van der Waals surface area contributed by atoms with Gasteiger partial charge in [-0.1, -0.05) is 23.7 Å². The van der Waals surface area contributed by atoms with Gasteiger partial charge in [0.25, 0.3) is 5.91 Å². The van der Waals surface area contributed by atoms with Crippen molar-refractivity contribution in [2.24, 2.45) is 5.10 Å². The number of carbonyl (C=O) groups excluding carboxylic acids is 1. The lowest BCUT2D eigenvalue weighted by atomic mass is 10.1. The first kappa shape index (κ1) is 14.1. The Morgan fingerprint density at radius 3 is 2.45 bits per heavy atom. The molecule has 0 aliphatic carbocycles. The number of rotatable bonds is 3. The quantitative estimate of drug-likeness (QED) is 0.673. The highest BCUT2D eigenvalue weighted by atomic mass is 35.5. The van der Waals surface area contributed by atoms with E-state index in [-0.39, 0.29) is 11.7 Å². The molecule has 1 amide bonds. The molecule has 0 aliphatic heterocycles. The van der Waals surface area contributed by atoms with Crippen LogP contribution in [0.5, 0.6) is 5.75 Å². The van der Waals surface area contributed by atoms with Crippen molar-refractivity contribution in [2.75, 3.05) is 0 Å². The molecule has 20 heavy (non-hydrogen) atoms. The molecular weight excluding hydrogens is 276 g/mol. The molecule has 4 nitrogen and oxygen atoms in total. The fourth-order valence-corrected chi connectivity index (χ4v) is 1.83. The van der Waals surface area contributed by atoms with E-state index in [1.807, 2.05) is 0 Å². The average molecular weight is 289 g/mol. The second kappa shape index (κ2) is 6.21. The van der Waals surface area contributed by atoms with E-state index in [9.17, 15) is 9.90 Å². The number of halogens is 1. The number of carbonyl (C=O) groups is 1. The van der Waals surface area contributed by atoms with Crippen LogP contribution in [-0.2, 0) is 0 Å². The Hall–Kier alpha value is -2.33. The van der Waals surface area contributed by atoms with Crippen LogP contribution in [0, 0.1) is 0 Å². The Labute approximate surface area is 121 Å². The van der Waals surface area contributed by atoms with Crippen LogP contribution in [0.25, 0.3) is 0 Å². The summed E-state index contributed by atoms with van der Waals surface area (Å²) in [5.74, 6) is -0.185. The Morgan fingerprint density at radius 1 is 1.15 bits per heavy atom. The highest BCUT2D eigenvalue weighted by Crippen LogP contribution is 2.14. The molecule has 0 bridgehead atoms. The minimum Gasteiger partial charge on any atom is -0.508 e. The van der Waals surface area contributed by atoms with Crippen LogP contribution in [0.4, 0.5) is 0 Å². The number of hydrogen-bond acceptors (Lipinski definition) is 3. The molecule has 2 aromatic carbocycles. The maximum Gasteiger partial charge on any atom is 0.272 e. The van der Waals surface area contributed by atoms with Gasteiger partial charge in [0, 0.05) is 0 Å². The molecule has 102 valence electrons. The second-order valence-corrected chi connectivity index (χ2v) is 4.57. The highest BCUT2D eigenvalue weighted by Gasteiger charge is 2.08. The number of phenolic OH excluding ortho intramolecular Hbond substituents is 1. The lowest BCUT2D eigenvalue weighted by molar-refractivity contribution is 0.0955. The minimum absolute atomic E-state index is 0.182. The van der Waals surface area contributed by atoms with Gasteiger partial charge in [0.05, 0.1) is 16.3 Å². The van der Waals surface area contributed by atoms with E-state index in [0.717, 1.165) is 5.56 Å². The topological polar surface area (TPSA) is 61.7 Å². The van der Waals surface area contributed by atoms with Gasteiger partial charge in [-0.2, -0.15) is 5.10 Å². The van der Waals surface area contributed by atoms with Gasteiger partial charge in [0.15, 0.2) is 0 Å². The number of amides is 1. The third-order valence-electron chi connectivity index (χ3n) is 2.73. The third kappa shape index (κ3) is 3.36. The van der Waals surface area contributed by atoms with Gasteiger partial charge in [-0.25, -0.2) is 5.43 Å². The highest BCUT2D eigenvalue weighted by molar-refractivity contribution is 6.33. The predicted molar refractivity (Wildman–Crippen MR) is 79.2 cm³/mol. The summed E-state index contributed by atoms with van der Waals surface area (Å²) in [7, 11) is 0. The molecular formula is C15H13ClN2O2. The molecule has 0 atom stereocenters. The number of hydrazone groups is 1. The lowest BCUT2D eigenvalue weighted by Crippen LogP contribution is -2.19. The van der Waals surface area contributed by atoms with E-state index in [0.29, 0.717) is 16.3 Å². The van der Waals surface area contributed by atoms with Crippen LogP contribution in [0.3, 0.4) is 0 Å². The minimum atomic E-state index is -0.367. The number of nitrogens with zero attached hydrogens (tertiary/aromatic N) is 1. The van der Waals surface area contributed by atoms with Gasteiger partial charge in [-0.3, -0.25) is 4.79 Å². The third-order valence-corrected chi connectivity index (χ3v) is 3.06. The van der Waals surface area contributed by atoms with Crippen LogP contribution in [0.15, 0.2) is 53.6 Å². The van der Waals surface area contributed by atoms with E-state index in [4.69, 9.17) is 11.6 Å². The first-order valence-corrected chi connectivity index (χ1v) is 6.34. The standard InChI is InChI=1S/C15H13ClN2O2/c1-10(11-6-8-12(19)9-7-11)17-18-15(20)13-4-2-3-5-14(13)16/h2-9,19H,1H3,(H,18,20)/b17-10+. The van der Waals surface area contributed by atoms with Crippen molar-refractivity contribution < 1.29 is 9.90 Å². The molecule has 2 N–H and O–H groups in total. The zero-order chi connectivity index (χ0) is 14.5. The van der Waals surface area contributed by atoms with Gasteiger partial charge in [-0.15, -0.1) is 0 Å². The van der Waals surface area contributed by atoms with Crippen molar-refractivity contribution in [1.82, 2.24) is 5.43 Å². The fraction of sp³-hybridized carbons (Fsp3) is 0.0667.